The lowest BCUT2D eigenvalue weighted by Gasteiger charge is -2.24. The first-order valence-electron chi connectivity index (χ1n) is 5.34. The molecular formula is C12H12ClFN2O2. The van der Waals surface area contributed by atoms with Crippen molar-refractivity contribution in [2.24, 2.45) is 11.5 Å². The zero-order valence-electron chi connectivity index (χ0n) is 9.45. The smallest absolute Gasteiger partial charge is 0.219 e. The minimum absolute atomic E-state index is 0.0282. The van der Waals surface area contributed by atoms with Crippen LogP contribution in [0.2, 0.25) is 0 Å². The minimum Gasteiger partial charge on any atom is -0.488 e. The van der Waals surface area contributed by atoms with E-state index >= 15 is 0 Å². The average Bonchev–Trinajstić information content (AvgIpc) is 2.29. The summed E-state index contributed by atoms with van der Waals surface area (Å²) in [4.78, 5) is 10.8. The van der Waals surface area contributed by atoms with Crippen LogP contribution in [0.3, 0.4) is 0 Å². The number of nitrogens with two attached hydrogens (primary N) is 2. The first-order chi connectivity index (χ1) is 8.49. The fourth-order valence-electron chi connectivity index (χ4n) is 1.80. The molecule has 0 aliphatic carbocycles. The Morgan fingerprint density at radius 3 is 2.94 bits per heavy atom. The van der Waals surface area contributed by atoms with Crippen molar-refractivity contribution in [1.82, 2.24) is 0 Å². The van der Waals surface area contributed by atoms with Crippen molar-refractivity contribution in [3.05, 3.63) is 35.2 Å². The van der Waals surface area contributed by atoms with Gasteiger partial charge in [-0.05, 0) is 18.2 Å². The first-order valence-corrected chi connectivity index (χ1v) is 5.72. The Balaban J connectivity index is 2.38. The maximum absolute atomic E-state index is 13.2. The van der Waals surface area contributed by atoms with Gasteiger partial charge in [0, 0.05) is 23.6 Å². The highest BCUT2D eigenvalue weighted by atomic mass is 35.5. The van der Waals surface area contributed by atoms with Crippen molar-refractivity contribution in [2.45, 2.75) is 12.5 Å². The number of carbonyl (C=O) groups is 1. The molecular weight excluding hydrogens is 259 g/mol. The van der Waals surface area contributed by atoms with Gasteiger partial charge in [-0.2, -0.15) is 0 Å². The number of amides is 1. The van der Waals surface area contributed by atoms with E-state index in [-0.39, 0.29) is 13.0 Å². The summed E-state index contributed by atoms with van der Waals surface area (Å²) in [6.45, 7) is 0.173. The third kappa shape index (κ3) is 2.47. The number of hydrogen-bond donors (Lipinski definition) is 2. The Kier molecular flexibility index (Phi) is 3.54. The molecule has 2 rings (SSSR count). The highest BCUT2D eigenvalue weighted by molar-refractivity contribution is 6.49. The molecule has 18 heavy (non-hydrogen) atoms. The molecule has 1 aliphatic heterocycles. The van der Waals surface area contributed by atoms with Gasteiger partial charge in [-0.3, -0.25) is 4.79 Å². The predicted molar refractivity (Wildman–Crippen MR) is 66.5 cm³/mol. The molecule has 96 valence electrons. The Hall–Kier alpha value is -1.59. The fraction of sp³-hybridized carbons (Fsp3) is 0.250. The van der Waals surface area contributed by atoms with Gasteiger partial charge in [0.25, 0.3) is 0 Å². The van der Waals surface area contributed by atoms with E-state index in [1.807, 2.05) is 0 Å². The van der Waals surface area contributed by atoms with Gasteiger partial charge in [-0.1, -0.05) is 11.6 Å². The molecule has 1 atom stereocenters. The van der Waals surface area contributed by atoms with Crippen LogP contribution in [0.1, 0.15) is 12.0 Å². The van der Waals surface area contributed by atoms with Crippen LogP contribution in [-0.4, -0.2) is 18.6 Å². The van der Waals surface area contributed by atoms with Gasteiger partial charge in [-0.25, -0.2) is 4.39 Å². The Labute approximate surface area is 108 Å². The van der Waals surface area contributed by atoms with E-state index in [4.69, 9.17) is 27.8 Å². The van der Waals surface area contributed by atoms with Gasteiger partial charge in [0.15, 0.2) is 0 Å². The van der Waals surface area contributed by atoms with Crippen molar-refractivity contribution in [2.75, 3.05) is 6.61 Å². The van der Waals surface area contributed by atoms with E-state index in [0.717, 1.165) is 0 Å². The third-order valence-electron chi connectivity index (χ3n) is 2.71. The van der Waals surface area contributed by atoms with Gasteiger partial charge >= 0.3 is 0 Å². The van der Waals surface area contributed by atoms with Gasteiger partial charge < -0.3 is 16.2 Å². The van der Waals surface area contributed by atoms with Crippen LogP contribution in [0.15, 0.2) is 23.8 Å². The molecule has 0 saturated carbocycles. The number of hydrogen-bond acceptors (Lipinski definition) is 3. The molecule has 0 spiro atoms. The summed E-state index contributed by atoms with van der Waals surface area (Å²) in [5.41, 5.74) is 11.9. The lowest BCUT2D eigenvalue weighted by Crippen LogP contribution is -2.33. The molecule has 1 heterocycles. The highest BCUT2D eigenvalue weighted by Gasteiger charge is 2.24. The molecule has 4 N–H and O–H groups in total. The van der Waals surface area contributed by atoms with E-state index in [0.29, 0.717) is 21.9 Å². The molecule has 4 nitrogen and oxygen atoms in total. The number of primary amides is 1. The van der Waals surface area contributed by atoms with E-state index in [1.54, 1.807) is 0 Å². The summed E-state index contributed by atoms with van der Waals surface area (Å²) in [6, 6.07) is 3.45. The van der Waals surface area contributed by atoms with Crippen molar-refractivity contribution in [1.29, 1.82) is 0 Å². The maximum Gasteiger partial charge on any atom is 0.219 e. The molecule has 0 radical (unpaired) electrons. The van der Waals surface area contributed by atoms with Crippen molar-refractivity contribution in [3.63, 3.8) is 0 Å². The second-order valence-electron chi connectivity index (χ2n) is 4.05. The molecule has 1 aromatic carbocycles. The van der Waals surface area contributed by atoms with E-state index < -0.39 is 17.8 Å². The summed E-state index contributed by atoms with van der Waals surface area (Å²) in [7, 11) is 0. The van der Waals surface area contributed by atoms with Crippen molar-refractivity contribution < 1.29 is 13.9 Å². The number of benzene rings is 1. The summed E-state index contributed by atoms with van der Waals surface area (Å²) >= 11 is 6.16. The summed E-state index contributed by atoms with van der Waals surface area (Å²) in [5, 5.41) is 0.324. The number of halogens is 2. The average molecular weight is 271 g/mol. The van der Waals surface area contributed by atoms with Gasteiger partial charge in [0.05, 0.1) is 5.03 Å². The van der Waals surface area contributed by atoms with Crippen LogP contribution in [0, 0.1) is 5.82 Å². The van der Waals surface area contributed by atoms with Crippen LogP contribution in [0.5, 0.6) is 5.75 Å². The lowest BCUT2D eigenvalue weighted by atomic mass is 9.99. The minimum atomic E-state index is -0.619. The van der Waals surface area contributed by atoms with Gasteiger partial charge in [0.1, 0.15) is 18.2 Å². The quantitative estimate of drug-likeness (QED) is 0.871. The second-order valence-corrected chi connectivity index (χ2v) is 4.42. The molecule has 1 aromatic rings. The van der Waals surface area contributed by atoms with Crippen LogP contribution < -0.4 is 16.2 Å². The Morgan fingerprint density at radius 2 is 2.28 bits per heavy atom. The Morgan fingerprint density at radius 1 is 1.56 bits per heavy atom. The molecule has 0 fully saturated rings. The number of fused-ring (bicyclic) bond motifs is 1. The lowest BCUT2D eigenvalue weighted by molar-refractivity contribution is -0.118. The largest absolute Gasteiger partial charge is 0.488 e. The first kappa shape index (κ1) is 12.9. The van der Waals surface area contributed by atoms with Gasteiger partial charge in [0.2, 0.25) is 5.91 Å². The summed E-state index contributed by atoms with van der Waals surface area (Å²) in [5.74, 6) is -0.443. The number of ether oxygens (including phenoxy) is 1. The predicted octanol–water partition coefficient (Wildman–Crippen LogP) is 1.37. The van der Waals surface area contributed by atoms with E-state index in [1.165, 1.54) is 18.2 Å². The zero-order chi connectivity index (χ0) is 13.3. The zero-order valence-corrected chi connectivity index (χ0v) is 10.2. The van der Waals surface area contributed by atoms with Crippen LogP contribution in [0.4, 0.5) is 4.39 Å². The van der Waals surface area contributed by atoms with Gasteiger partial charge in [-0.15, -0.1) is 0 Å². The number of carbonyl (C=O) groups excluding carboxylic acids is 1. The van der Waals surface area contributed by atoms with Crippen LogP contribution >= 0.6 is 11.6 Å². The number of rotatable bonds is 3. The normalized spacial score (nSPS) is 15.9. The molecule has 0 bridgehead atoms. The maximum atomic E-state index is 13.2. The Bertz CT molecular complexity index is 531. The third-order valence-corrected chi connectivity index (χ3v) is 3.16. The standard InChI is InChI=1S/C12H12ClFN2O2/c13-12-7-3-6(14)1-2-10(7)18-5-8(12)9(15)4-11(16)17/h1-3,9H,4-5,15H2,(H2,16,17). The fourth-order valence-corrected chi connectivity index (χ4v) is 2.14. The molecule has 1 unspecified atom stereocenters. The van der Waals surface area contributed by atoms with E-state index in [2.05, 4.69) is 0 Å². The van der Waals surface area contributed by atoms with Crippen LogP contribution in [0.25, 0.3) is 5.03 Å². The monoisotopic (exact) mass is 270 g/mol. The SMILES string of the molecule is NC(=O)CC(N)C1=C(Cl)c2cc(F)ccc2OC1. The molecule has 1 aliphatic rings. The molecule has 1 amide bonds. The topological polar surface area (TPSA) is 78.3 Å². The second kappa shape index (κ2) is 4.96. The van der Waals surface area contributed by atoms with E-state index in [9.17, 15) is 9.18 Å². The molecule has 0 saturated heterocycles. The summed E-state index contributed by atoms with van der Waals surface area (Å²) < 4.78 is 18.6. The highest BCUT2D eigenvalue weighted by Crippen LogP contribution is 2.37. The molecule has 6 heteroatoms. The van der Waals surface area contributed by atoms with Crippen molar-refractivity contribution >= 4 is 22.5 Å². The molecule has 0 aromatic heterocycles. The van der Waals surface area contributed by atoms with Crippen LogP contribution in [-0.2, 0) is 4.79 Å². The summed E-state index contributed by atoms with van der Waals surface area (Å²) in [6.07, 6.45) is -0.0282. The van der Waals surface area contributed by atoms with Crippen molar-refractivity contribution in [3.8, 4) is 5.75 Å².